The number of benzene rings is 3. The second-order valence-corrected chi connectivity index (χ2v) is 8.22. The first-order valence-corrected chi connectivity index (χ1v) is 11.6. The van der Waals surface area contributed by atoms with Crippen molar-refractivity contribution in [2.45, 2.75) is 20.0 Å². The standard InChI is InChI=1S/C26H26BrN3O4/c1-2-14-33-23-11-8-20(9-12-23)26(32)28-17-25(31)30-29-16-21-15-22(27)10-13-24(21)34-18-19-6-4-3-5-7-19/h3-13,15-16H,2,14,17-18H2,1H3,(H,28,32)(H,30,31)/b29-16+. The van der Waals surface area contributed by atoms with Crippen LogP contribution in [-0.4, -0.2) is 31.2 Å². The predicted octanol–water partition coefficient (Wildman–Crippen LogP) is 4.70. The number of hydrogen-bond acceptors (Lipinski definition) is 5. The summed E-state index contributed by atoms with van der Waals surface area (Å²) in [4.78, 5) is 24.4. The Morgan fingerprint density at radius 2 is 1.76 bits per heavy atom. The molecule has 0 aliphatic heterocycles. The quantitative estimate of drug-likeness (QED) is 0.281. The average Bonchev–Trinajstić information content (AvgIpc) is 2.86. The molecular weight excluding hydrogens is 498 g/mol. The molecule has 8 heteroatoms. The first-order valence-electron chi connectivity index (χ1n) is 10.8. The molecule has 3 aromatic rings. The van der Waals surface area contributed by atoms with Crippen LogP contribution in [0.1, 0.15) is 34.8 Å². The van der Waals surface area contributed by atoms with E-state index in [0.717, 1.165) is 16.5 Å². The zero-order valence-electron chi connectivity index (χ0n) is 18.8. The fourth-order valence-electron chi connectivity index (χ4n) is 2.89. The zero-order chi connectivity index (χ0) is 24.2. The third-order valence-corrected chi connectivity index (χ3v) is 5.09. The zero-order valence-corrected chi connectivity index (χ0v) is 20.4. The Kier molecular flexibility index (Phi) is 9.66. The molecule has 2 N–H and O–H groups in total. The Bertz CT molecular complexity index is 1120. The normalized spacial score (nSPS) is 10.6. The van der Waals surface area contributed by atoms with Crippen molar-refractivity contribution < 1.29 is 19.1 Å². The largest absolute Gasteiger partial charge is 0.494 e. The molecule has 34 heavy (non-hydrogen) atoms. The van der Waals surface area contributed by atoms with Gasteiger partial charge in [0.05, 0.1) is 19.4 Å². The Labute approximate surface area is 207 Å². The van der Waals surface area contributed by atoms with Crippen LogP contribution in [0.4, 0.5) is 0 Å². The molecule has 0 saturated heterocycles. The number of nitrogens with zero attached hydrogens (tertiary/aromatic N) is 1. The van der Waals surface area contributed by atoms with E-state index in [0.29, 0.717) is 35.8 Å². The second-order valence-electron chi connectivity index (χ2n) is 7.31. The van der Waals surface area contributed by atoms with Gasteiger partial charge in [0.1, 0.15) is 18.1 Å². The van der Waals surface area contributed by atoms with Crippen LogP contribution >= 0.6 is 15.9 Å². The monoisotopic (exact) mass is 523 g/mol. The number of carbonyl (C=O) groups is 2. The summed E-state index contributed by atoms with van der Waals surface area (Å²) in [5, 5.41) is 6.57. The summed E-state index contributed by atoms with van der Waals surface area (Å²) in [5.74, 6) is 0.522. The Morgan fingerprint density at radius 1 is 1.00 bits per heavy atom. The second kappa shape index (κ2) is 13.2. The van der Waals surface area contributed by atoms with Gasteiger partial charge in [0, 0.05) is 15.6 Å². The van der Waals surface area contributed by atoms with Crippen LogP contribution in [0.5, 0.6) is 11.5 Å². The molecule has 176 valence electrons. The summed E-state index contributed by atoms with van der Waals surface area (Å²) < 4.78 is 12.3. The highest BCUT2D eigenvalue weighted by molar-refractivity contribution is 9.10. The number of hydrazone groups is 1. The maximum Gasteiger partial charge on any atom is 0.259 e. The molecule has 0 unspecified atom stereocenters. The van der Waals surface area contributed by atoms with Crippen LogP contribution in [-0.2, 0) is 11.4 Å². The van der Waals surface area contributed by atoms with E-state index in [1.165, 1.54) is 6.21 Å². The van der Waals surface area contributed by atoms with E-state index in [1.54, 1.807) is 24.3 Å². The molecule has 0 aliphatic rings. The number of nitrogens with one attached hydrogen (secondary N) is 2. The fraction of sp³-hybridized carbons (Fsp3) is 0.192. The Balaban J connectivity index is 1.49. The SMILES string of the molecule is CCCOc1ccc(C(=O)NCC(=O)N/N=C/c2cc(Br)ccc2OCc2ccccc2)cc1. The summed E-state index contributed by atoms with van der Waals surface area (Å²) in [7, 11) is 0. The number of ether oxygens (including phenoxy) is 2. The minimum absolute atomic E-state index is 0.208. The van der Waals surface area contributed by atoms with E-state index in [4.69, 9.17) is 9.47 Å². The minimum atomic E-state index is -0.450. The molecule has 0 heterocycles. The molecule has 7 nitrogen and oxygen atoms in total. The van der Waals surface area contributed by atoms with Gasteiger partial charge in [-0.2, -0.15) is 5.10 Å². The summed E-state index contributed by atoms with van der Waals surface area (Å²) >= 11 is 3.43. The van der Waals surface area contributed by atoms with Gasteiger partial charge in [-0.25, -0.2) is 5.43 Å². The van der Waals surface area contributed by atoms with E-state index in [9.17, 15) is 9.59 Å². The highest BCUT2D eigenvalue weighted by Crippen LogP contribution is 2.22. The van der Waals surface area contributed by atoms with E-state index < -0.39 is 5.91 Å². The first kappa shape index (κ1) is 25.0. The van der Waals surface area contributed by atoms with Gasteiger partial charge in [-0.3, -0.25) is 9.59 Å². The summed E-state index contributed by atoms with van der Waals surface area (Å²) in [6, 6.07) is 22.1. The van der Waals surface area contributed by atoms with E-state index in [-0.39, 0.29) is 12.5 Å². The molecular formula is C26H26BrN3O4. The number of amides is 2. The van der Waals surface area contributed by atoms with E-state index in [1.807, 2.05) is 55.5 Å². The maximum absolute atomic E-state index is 12.2. The van der Waals surface area contributed by atoms with Crippen molar-refractivity contribution in [2.24, 2.45) is 5.10 Å². The lowest BCUT2D eigenvalue weighted by atomic mass is 10.2. The predicted molar refractivity (Wildman–Crippen MR) is 135 cm³/mol. The van der Waals surface area contributed by atoms with Gasteiger partial charge in [0.2, 0.25) is 0 Å². The molecule has 0 radical (unpaired) electrons. The van der Waals surface area contributed by atoms with Crippen molar-refractivity contribution in [3.63, 3.8) is 0 Å². The molecule has 3 rings (SSSR count). The van der Waals surface area contributed by atoms with Gasteiger partial charge in [-0.1, -0.05) is 53.2 Å². The van der Waals surface area contributed by atoms with Gasteiger partial charge in [0.15, 0.2) is 0 Å². The van der Waals surface area contributed by atoms with Crippen molar-refractivity contribution in [1.29, 1.82) is 0 Å². The van der Waals surface area contributed by atoms with Crippen LogP contribution < -0.4 is 20.2 Å². The summed E-state index contributed by atoms with van der Waals surface area (Å²) in [6.45, 7) is 2.84. The van der Waals surface area contributed by atoms with Crippen molar-refractivity contribution >= 4 is 34.0 Å². The highest BCUT2D eigenvalue weighted by atomic mass is 79.9. The van der Waals surface area contributed by atoms with Gasteiger partial charge in [-0.05, 0) is 54.4 Å². The lowest BCUT2D eigenvalue weighted by Crippen LogP contribution is -2.34. The highest BCUT2D eigenvalue weighted by Gasteiger charge is 2.08. The molecule has 0 saturated carbocycles. The van der Waals surface area contributed by atoms with Crippen LogP contribution in [0.25, 0.3) is 0 Å². The van der Waals surface area contributed by atoms with E-state index >= 15 is 0 Å². The van der Waals surface area contributed by atoms with Gasteiger partial charge in [-0.15, -0.1) is 0 Å². The van der Waals surface area contributed by atoms with Gasteiger partial charge in [0.25, 0.3) is 11.8 Å². The maximum atomic E-state index is 12.2. The molecule has 2 amide bonds. The third kappa shape index (κ3) is 8.04. The molecule has 0 spiro atoms. The lowest BCUT2D eigenvalue weighted by Gasteiger charge is -2.10. The number of halogens is 1. The molecule has 0 fully saturated rings. The molecule has 0 aromatic heterocycles. The third-order valence-electron chi connectivity index (χ3n) is 4.60. The Hall–Kier alpha value is -3.65. The van der Waals surface area contributed by atoms with Gasteiger partial charge >= 0.3 is 0 Å². The van der Waals surface area contributed by atoms with Crippen molar-refractivity contribution in [1.82, 2.24) is 10.7 Å². The minimum Gasteiger partial charge on any atom is -0.494 e. The fourth-order valence-corrected chi connectivity index (χ4v) is 3.26. The number of rotatable bonds is 11. The van der Waals surface area contributed by atoms with Gasteiger partial charge < -0.3 is 14.8 Å². The average molecular weight is 524 g/mol. The molecule has 3 aromatic carbocycles. The number of hydrogen-bond donors (Lipinski definition) is 2. The van der Waals surface area contributed by atoms with Crippen LogP contribution in [0, 0.1) is 0 Å². The van der Waals surface area contributed by atoms with Crippen LogP contribution in [0.2, 0.25) is 0 Å². The van der Waals surface area contributed by atoms with Crippen molar-refractivity contribution in [3.8, 4) is 11.5 Å². The molecule has 0 bridgehead atoms. The lowest BCUT2D eigenvalue weighted by molar-refractivity contribution is -0.120. The van der Waals surface area contributed by atoms with Crippen LogP contribution in [0.15, 0.2) is 82.4 Å². The molecule has 0 atom stereocenters. The first-order chi connectivity index (χ1) is 16.5. The molecule has 0 aliphatic carbocycles. The Morgan fingerprint density at radius 3 is 2.50 bits per heavy atom. The van der Waals surface area contributed by atoms with Crippen LogP contribution in [0.3, 0.4) is 0 Å². The number of carbonyl (C=O) groups excluding carboxylic acids is 2. The topological polar surface area (TPSA) is 89.0 Å². The van der Waals surface area contributed by atoms with E-state index in [2.05, 4.69) is 31.8 Å². The summed E-state index contributed by atoms with van der Waals surface area (Å²) in [6.07, 6.45) is 2.41. The smallest absolute Gasteiger partial charge is 0.259 e. The van der Waals surface area contributed by atoms with Crippen molar-refractivity contribution in [3.05, 3.63) is 94.0 Å². The summed E-state index contributed by atoms with van der Waals surface area (Å²) in [5.41, 5.74) is 4.59. The van der Waals surface area contributed by atoms with Crippen molar-refractivity contribution in [2.75, 3.05) is 13.2 Å².